The largest absolute Gasteiger partial charge is 1.00 e. The maximum absolute atomic E-state index is 12.7. The number of hydrogen-bond donors (Lipinski definition) is 1. The van der Waals surface area contributed by atoms with Gasteiger partial charge in [0.25, 0.3) is 0 Å². The summed E-state index contributed by atoms with van der Waals surface area (Å²) >= 11 is 0. The zero-order chi connectivity index (χ0) is 17.9. The fraction of sp³-hybridized carbons (Fsp3) is 0.571. The Kier molecular flexibility index (Phi) is 5.19. The number of H-pyrrole nitrogens is 1. The standard InChI is InChI=1S/C21H26N2O3.Na/c1-26-9-7-14-10-13-11-21(20(24)25)18-16(6-8-23(12-13)19(14)21)15-4-2-3-5-17(15)22-18;/h2-5,13-14,19,22H,6-12H2,1H3,(H,24,25);/q;+1/p-1/t13?,14-,19-,21+;/m0./s1. The second-order valence-electron chi connectivity index (χ2n) is 8.32. The summed E-state index contributed by atoms with van der Waals surface area (Å²) in [6, 6.07) is 8.20. The van der Waals surface area contributed by atoms with Crippen LogP contribution >= 0.6 is 0 Å². The van der Waals surface area contributed by atoms with E-state index >= 15 is 0 Å². The quantitative estimate of drug-likeness (QED) is 0.657. The molecule has 4 aliphatic rings. The maximum atomic E-state index is 12.7. The van der Waals surface area contributed by atoms with E-state index in [0.717, 1.165) is 43.6 Å². The molecule has 27 heavy (non-hydrogen) atoms. The van der Waals surface area contributed by atoms with Crippen molar-refractivity contribution < 1.29 is 44.2 Å². The average Bonchev–Trinajstić information content (AvgIpc) is 2.99. The van der Waals surface area contributed by atoms with Crippen LogP contribution in [0.4, 0.5) is 0 Å². The number of rotatable bonds is 4. The van der Waals surface area contributed by atoms with Crippen LogP contribution in [0.15, 0.2) is 24.3 Å². The molecule has 1 aliphatic carbocycles. The molecule has 0 spiro atoms. The van der Waals surface area contributed by atoms with Crippen molar-refractivity contribution in [1.82, 2.24) is 9.88 Å². The van der Waals surface area contributed by atoms with Crippen LogP contribution in [0.5, 0.6) is 0 Å². The van der Waals surface area contributed by atoms with Gasteiger partial charge in [0, 0.05) is 49.4 Å². The summed E-state index contributed by atoms with van der Waals surface area (Å²) in [4.78, 5) is 18.7. The van der Waals surface area contributed by atoms with E-state index in [9.17, 15) is 9.90 Å². The molecule has 6 heteroatoms. The Morgan fingerprint density at radius 2 is 2.22 bits per heavy atom. The number of carbonyl (C=O) groups is 1. The molecule has 0 radical (unpaired) electrons. The van der Waals surface area contributed by atoms with Crippen molar-refractivity contribution in [3.05, 3.63) is 35.5 Å². The molecule has 6 rings (SSSR count). The van der Waals surface area contributed by atoms with E-state index in [1.54, 1.807) is 7.11 Å². The van der Waals surface area contributed by atoms with Gasteiger partial charge < -0.3 is 19.6 Å². The SMILES string of the molecule is COCC[C@H]1CC2CN3CCc4c([nH]c5ccccc45)[C@](C(=O)[O-])(C2)[C@H]13.[Na+]. The van der Waals surface area contributed by atoms with Gasteiger partial charge >= 0.3 is 29.6 Å². The van der Waals surface area contributed by atoms with Crippen LogP contribution in [0.1, 0.15) is 30.5 Å². The molecular formula is C21H25N2NaO3. The minimum absolute atomic E-state index is 0. The van der Waals surface area contributed by atoms with Gasteiger partial charge in [-0.2, -0.15) is 0 Å². The first-order chi connectivity index (χ1) is 12.6. The summed E-state index contributed by atoms with van der Waals surface area (Å²) in [5.41, 5.74) is 2.22. The summed E-state index contributed by atoms with van der Waals surface area (Å²) in [5, 5.41) is 13.9. The third-order valence-corrected chi connectivity index (χ3v) is 7.05. The fourth-order valence-corrected chi connectivity index (χ4v) is 6.24. The molecule has 1 N–H and O–H groups in total. The zero-order valence-electron chi connectivity index (χ0n) is 16.2. The van der Waals surface area contributed by atoms with Crippen LogP contribution in [0.3, 0.4) is 0 Å². The summed E-state index contributed by atoms with van der Waals surface area (Å²) in [7, 11) is 1.72. The molecule has 138 valence electrons. The summed E-state index contributed by atoms with van der Waals surface area (Å²) in [6.45, 7) is 2.63. The second-order valence-corrected chi connectivity index (χ2v) is 8.32. The molecule has 5 nitrogen and oxygen atoms in total. The number of piperidine rings is 2. The smallest absolute Gasteiger partial charge is 0.549 e. The molecule has 1 saturated carbocycles. The Labute approximate surface area is 181 Å². The van der Waals surface area contributed by atoms with Crippen molar-refractivity contribution in [2.24, 2.45) is 11.8 Å². The number of hydrogen-bond acceptors (Lipinski definition) is 4. The average molecular weight is 376 g/mol. The molecule has 5 atom stereocenters. The van der Waals surface area contributed by atoms with E-state index in [-0.39, 0.29) is 35.6 Å². The Morgan fingerprint density at radius 1 is 1.41 bits per heavy atom. The van der Waals surface area contributed by atoms with Crippen molar-refractivity contribution >= 4 is 16.9 Å². The Morgan fingerprint density at radius 3 is 3.00 bits per heavy atom. The van der Waals surface area contributed by atoms with Gasteiger partial charge in [0.05, 0.1) is 11.4 Å². The monoisotopic (exact) mass is 376 g/mol. The maximum Gasteiger partial charge on any atom is 1.00 e. The number of carbonyl (C=O) groups excluding carboxylic acids is 1. The minimum Gasteiger partial charge on any atom is -0.549 e. The van der Waals surface area contributed by atoms with E-state index in [2.05, 4.69) is 16.0 Å². The zero-order valence-corrected chi connectivity index (χ0v) is 18.2. The van der Waals surface area contributed by atoms with Gasteiger partial charge in [0.1, 0.15) is 0 Å². The molecular weight excluding hydrogens is 351 g/mol. The Balaban J connectivity index is 0.00000180. The van der Waals surface area contributed by atoms with Gasteiger partial charge in [-0.05, 0) is 49.1 Å². The Bertz CT molecular complexity index is 866. The van der Waals surface area contributed by atoms with Gasteiger partial charge in [0.2, 0.25) is 0 Å². The topological polar surface area (TPSA) is 68.4 Å². The number of para-hydroxylation sites is 1. The molecule has 2 unspecified atom stereocenters. The number of methoxy groups -OCH3 is 1. The van der Waals surface area contributed by atoms with Gasteiger partial charge in [0.15, 0.2) is 0 Å². The van der Waals surface area contributed by atoms with Crippen molar-refractivity contribution in [2.75, 3.05) is 26.8 Å². The van der Waals surface area contributed by atoms with Crippen molar-refractivity contribution in [2.45, 2.75) is 37.1 Å². The number of nitrogens with zero attached hydrogens (tertiary/aromatic N) is 1. The summed E-state index contributed by atoms with van der Waals surface area (Å²) in [6.07, 6.45) is 3.61. The number of benzene rings is 1. The van der Waals surface area contributed by atoms with Crippen LogP contribution in [0.25, 0.3) is 10.9 Å². The minimum atomic E-state index is -0.926. The molecule has 2 aromatic rings. The number of ether oxygens (including phenoxy) is 1. The number of nitrogens with one attached hydrogen (secondary N) is 1. The van der Waals surface area contributed by atoms with Crippen molar-refractivity contribution in [3.63, 3.8) is 0 Å². The van der Waals surface area contributed by atoms with E-state index < -0.39 is 11.4 Å². The fourth-order valence-electron chi connectivity index (χ4n) is 6.24. The third kappa shape index (κ3) is 2.74. The number of aliphatic carboxylic acids is 1. The molecule has 0 amide bonds. The molecule has 3 aliphatic heterocycles. The number of carboxylic acid groups (broad SMARTS) is 1. The van der Waals surface area contributed by atoms with E-state index in [1.165, 1.54) is 10.9 Å². The second kappa shape index (κ2) is 7.20. The first-order valence-corrected chi connectivity index (χ1v) is 9.69. The van der Waals surface area contributed by atoms with Crippen LogP contribution in [-0.2, 0) is 21.4 Å². The molecule has 3 fully saturated rings. The molecule has 2 saturated heterocycles. The van der Waals surface area contributed by atoms with Gasteiger partial charge in [-0.25, -0.2) is 0 Å². The molecule has 1 aromatic heterocycles. The number of aromatic amines is 1. The normalized spacial score (nSPS) is 34.0. The molecule has 4 bridgehead atoms. The van der Waals surface area contributed by atoms with Crippen LogP contribution in [-0.4, -0.2) is 48.7 Å². The van der Waals surface area contributed by atoms with E-state index in [0.29, 0.717) is 24.9 Å². The first-order valence-electron chi connectivity index (χ1n) is 9.69. The van der Waals surface area contributed by atoms with Crippen LogP contribution in [0, 0.1) is 11.8 Å². The first kappa shape index (κ1) is 19.5. The number of aromatic nitrogens is 1. The molecule has 4 heterocycles. The third-order valence-electron chi connectivity index (χ3n) is 7.05. The number of fused-ring (bicyclic) bond motifs is 4. The van der Waals surface area contributed by atoms with Crippen LogP contribution in [0.2, 0.25) is 0 Å². The van der Waals surface area contributed by atoms with Gasteiger partial charge in [-0.3, -0.25) is 4.90 Å². The number of carboxylic acids is 1. The van der Waals surface area contributed by atoms with Crippen molar-refractivity contribution in [3.8, 4) is 0 Å². The summed E-state index contributed by atoms with van der Waals surface area (Å²) < 4.78 is 5.33. The van der Waals surface area contributed by atoms with Gasteiger partial charge in [-0.15, -0.1) is 0 Å². The molecule has 1 aromatic carbocycles. The Hall–Kier alpha value is -0.850. The predicted molar refractivity (Wildman–Crippen MR) is 96.8 cm³/mol. The van der Waals surface area contributed by atoms with E-state index in [1.807, 2.05) is 18.2 Å². The van der Waals surface area contributed by atoms with E-state index in [4.69, 9.17) is 4.74 Å². The van der Waals surface area contributed by atoms with Crippen LogP contribution < -0.4 is 34.7 Å². The summed E-state index contributed by atoms with van der Waals surface area (Å²) in [5.74, 6) is -0.149. The predicted octanol–water partition coefficient (Wildman–Crippen LogP) is -1.54. The van der Waals surface area contributed by atoms with Gasteiger partial charge in [-0.1, -0.05) is 18.2 Å². The van der Waals surface area contributed by atoms with Crippen molar-refractivity contribution in [1.29, 1.82) is 0 Å².